The zero-order valence-corrected chi connectivity index (χ0v) is 27.5. The summed E-state index contributed by atoms with van der Waals surface area (Å²) in [5.74, 6) is 0.858. The Balaban J connectivity index is 1.61. The van der Waals surface area contributed by atoms with Gasteiger partial charge in [-0.05, 0) is 63.9 Å². The van der Waals surface area contributed by atoms with Crippen LogP contribution in [0.4, 0.5) is 9.59 Å². The number of ether oxygens (including phenoxy) is 4. The second-order valence-electron chi connectivity index (χ2n) is 11.2. The first-order valence-corrected chi connectivity index (χ1v) is 16.1. The molecule has 11 heteroatoms. The van der Waals surface area contributed by atoms with Gasteiger partial charge in [0.25, 0.3) is 0 Å². The van der Waals surface area contributed by atoms with E-state index < -0.39 is 17.8 Å². The molecule has 0 saturated carbocycles. The summed E-state index contributed by atoms with van der Waals surface area (Å²) in [4.78, 5) is 27.8. The van der Waals surface area contributed by atoms with Crippen molar-refractivity contribution in [1.82, 2.24) is 14.3 Å². The zero-order valence-electron chi connectivity index (χ0n) is 25.1. The fourth-order valence-electron chi connectivity index (χ4n) is 4.56. The molecule has 0 aliphatic heterocycles. The molecule has 0 radical (unpaired) electrons. The maximum atomic E-state index is 13.5. The Morgan fingerprint density at radius 3 is 2.48 bits per heavy atom. The van der Waals surface area contributed by atoms with Gasteiger partial charge in [-0.2, -0.15) is 9.78 Å². The molecule has 3 aromatic heterocycles. The number of hydrogen-bond donors (Lipinski definition) is 0. The van der Waals surface area contributed by atoms with Crippen LogP contribution in [0.2, 0.25) is 0 Å². The van der Waals surface area contributed by atoms with Crippen LogP contribution in [-0.4, -0.2) is 44.1 Å². The molecule has 44 heavy (non-hydrogen) atoms. The van der Waals surface area contributed by atoms with E-state index in [1.165, 1.54) is 20.6 Å². The number of carbonyl (C=O) groups excluding carboxylic acids is 2. The first-order valence-electron chi connectivity index (χ1n) is 14.1. The van der Waals surface area contributed by atoms with Crippen molar-refractivity contribution in [3.63, 3.8) is 0 Å². The van der Waals surface area contributed by atoms with Gasteiger partial charge in [-0.3, -0.25) is 0 Å². The maximum Gasteiger partial charge on any atom is 0.435 e. The third-order valence-corrected chi connectivity index (χ3v) is 8.00. The van der Waals surface area contributed by atoms with Crippen LogP contribution in [0, 0.1) is 0 Å². The van der Waals surface area contributed by atoms with Crippen molar-refractivity contribution in [1.29, 1.82) is 0 Å². The zero-order chi connectivity index (χ0) is 31.4. The lowest BCUT2D eigenvalue weighted by Gasteiger charge is -2.19. The van der Waals surface area contributed by atoms with E-state index in [-0.39, 0.29) is 5.76 Å². The van der Waals surface area contributed by atoms with Crippen LogP contribution < -0.4 is 4.74 Å². The summed E-state index contributed by atoms with van der Waals surface area (Å²) in [6.07, 6.45) is -0.446. The van der Waals surface area contributed by atoms with Gasteiger partial charge in [0.15, 0.2) is 0 Å². The Morgan fingerprint density at radius 2 is 1.77 bits per heavy atom. The molecule has 0 aliphatic carbocycles. The highest BCUT2D eigenvalue weighted by Crippen LogP contribution is 2.39. The standard InChI is InChI=1S/C33H34BrN3O6S/c1-21(2)42-31(38)36-26-17-24(41-15-9-14-34)13-12-23(26)16-27(36)29-30-28(37(35-29)32(39)43-33(3,4)5)18-25(44-30)20-40-19-22-10-7-6-8-11-22/h6-8,10-13,16-18H,1,9,14-15,19-20H2,2-5H3. The first-order chi connectivity index (χ1) is 21.0. The first kappa shape index (κ1) is 31.5. The van der Waals surface area contributed by atoms with Gasteiger partial charge in [0.1, 0.15) is 17.0 Å². The largest absolute Gasteiger partial charge is 0.493 e. The average Bonchev–Trinajstić information content (AvgIpc) is 3.64. The lowest BCUT2D eigenvalue weighted by atomic mass is 10.2. The third-order valence-electron chi connectivity index (χ3n) is 6.34. The van der Waals surface area contributed by atoms with E-state index in [4.69, 9.17) is 24.0 Å². The number of halogens is 1. The molecule has 0 spiro atoms. The number of carbonyl (C=O) groups is 2. The van der Waals surface area contributed by atoms with Crippen LogP contribution >= 0.6 is 27.3 Å². The number of aromatic nitrogens is 3. The Bertz CT molecular complexity index is 1820. The topological polar surface area (TPSA) is 93.8 Å². The van der Waals surface area contributed by atoms with Gasteiger partial charge in [0.05, 0.1) is 47.0 Å². The van der Waals surface area contributed by atoms with Crippen LogP contribution in [0.3, 0.4) is 0 Å². The van der Waals surface area contributed by atoms with Crippen LogP contribution in [0.1, 0.15) is 44.6 Å². The average molecular weight is 681 g/mol. The van der Waals surface area contributed by atoms with E-state index in [1.807, 2.05) is 54.6 Å². The molecule has 0 atom stereocenters. The van der Waals surface area contributed by atoms with E-state index in [1.54, 1.807) is 33.8 Å². The highest BCUT2D eigenvalue weighted by atomic mass is 79.9. The molecule has 2 aromatic carbocycles. The number of alkyl halides is 1. The number of nitrogens with zero attached hydrogens (tertiary/aromatic N) is 3. The van der Waals surface area contributed by atoms with Crippen molar-refractivity contribution in [3.05, 3.63) is 83.4 Å². The minimum atomic E-state index is -0.738. The minimum Gasteiger partial charge on any atom is -0.493 e. The van der Waals surface area contributed by atoms with E-state index >= 15 is 0 Å². The fourth-order valence-corrected chi connectivity index (χ4v) is 5.86. The van der Waals surface area contributed by atoms with Crippen LogP contribution in [0.25, 0.3) is 32.5 Å². The summed E-state index contributed by atoms with van der Waals surface area (Å²) < 4.78 is 26.4. The normalized spacial score (nSPS) is 11.7. The number of rotatable bonds is 10. The molecule has 0 bridgehead atoms. The van der Waals surface area contributed by atoms with E-state index in [0.717, 1.165) is 27.6 Å². The predicted molar refractivity (Wildman–Crippen MR) is 176 cm³/mol. The smallest absolute Gasteiger partial charge is 0.435 e. The van der Waals surface area contributed by atoms with Crippen molar-refractivity contribution in [2.75, 3.05) is 11.9 Å². The minimum absolute atomic E-state index is 0.242. The Labute approximate surface area is 268 Å². The highest BCUT2D eigenvalue weighted by Gasteiger charge is 2.28. The predicted octanol–water partition coefficient (Wildman–Crippen LogP) is 8.90. The summed E-state index contributed by atoms with van der Waals surface area (Å²) in [7, 11) is 0. The van der Waals surface area contributed by atoms with Crippen LogP contribution in [-0.2, 0) is 27.4 Å². The SMILES string of the molecule is C=C(C)OC(=O)n1c(-c2nn(C(=O)OC(C)(C)C)c3cc(COCc4ccccc4)sc23)cc2ccc(OCCCBr)cc21. The molecule has 9 nitrogen and oxygen atoms in total. The van der Waals surface area contributed by atoms with E-state index in [2.05, 4.69) is 22.5 Å². The molecule has 0 unspecified atom stereocenters. The van der Waals surface area contributed by atoms with Crippen LogP contribution in [0.5, 0.6) is 5.75 Å². The summed E-state index contributed by atoms with van der Waals surface area (Å²) in [5.41, 5.74) is 2.34. The highest BCUT2D eigenvalue weighted by molar-refractivity contribution is 9.09. The van der Waals surface area contributed by atoms with Gasteiger partial charge in [0, 0.05) is 21.7 Å². The van der Waals surface area contributed by atoms with Crippen molar-refractivity contribution in [3.8, 4) is 17.1 Å². The fraction of sp³-hybridized carbons (Fsp3) is 0.303. The second kappa shape index (κ2) is 13.4. The molecule has 5 aromatic rings. The summed E-state index contributed by atoms with van der Waals surface area (Å²) in [6, 6.07) is 19.2. The van der Waals surface area contributed by atoms with Gasteiger partial charge in [0.2, 0.25) is 0 Å². The summed E-state index contributed by atoms with van der Waals surface area (Å²) in [5, 5.41) is 6.29. The van der Waals surface area contributed by atoms with Gasteiger partial charge < -0.3 is 18.9 Å². The maximum absolute atomic E-state index is 13.5. The van der Waals surface area contributed by atoms with Crippen molar-refractivity contribution >= 4 is 60.6 Å². The van der Waals surface area contributed by atoms with Gasteiger partial charge in [-0.25, -0.2) is 14.2 Å². The molecule has 0 fully saturated rings. The lowest BCUT2D eigenvalue weighted by Crippen LogP contribution is -2.27. The Kier molecular flexibility index (Phi) is 9.57. The van der Waals surface area contributed by atoms with Crippen molar-refractivity contribution in [2.45, 2.75) is 52.9 Å². The molecule has 0 saturated heterocycles. The molecule has 0 aliphatic rings. The summed E-state index contributed by atoms with van der Waals surface area (Å²) in [6.45, 7) is 12.0. The van der Waals surface area contributed by atoms with Gasteiger partial charge in [-0.15, -0.1) is 11.3 Å². The second-order valence-corrected chi connectivity index (χ2v) is 13.1. The number of thiophene rings is 1. The van der Waals surface area contributed by atoms with Crippen molar-refractivity contribution < 1.29 is 28.5 Å². The van der Waals surface area contributed by atoms with Gasteiger partial charge in [-0.1, -0.05) is 52.8 Å². The van der Waals surface area contributed by atoms with Crippen LogP contribution in [0.15, 0.2) is 73.0 Å². The van der Waals surface area contributed by atoms with Crippen molar-refractivity contribution in [2.24, 2.45) is 0 Å². The molecular weight excluding hydrogens is 646 g/mol. The van der Waals surface area contributed by atoms with E-state index in [0.29, 0.717) is 52.7 Å². The molecule has 0 amide bonds. The molecule has 3 heterocycles. The molecule has 230 valence electrons. The third kappa shape index (κ3) is 7.23. The number of benzene rings is 2. The molecular formula is C33H34BrN3O6S. The van der Waals surface area contributed by atoms with E-state index in [9.17, 15) is 9.59 Å². The number of fused-ring (bicyclic) bond motifs is 2. The number of allylic oxidation sites excluding steroid dienone is 1. The number of hydrogen-bond acceptors (Lipinski definition) is 8. The lowest BCUT2D eigenvalue weighted by molar-refractivity contribution is 0.0523. The van der Waals surface area contributed by atoms with Gasteiger partial charge >= 0.3 is 12.2 Å². The molecule has 0 N–H and O–H groups in total. The Morgan fingerprint density at radius 1 is 1.00 bits per heavy atom. The Hall–Kier alpha value is -3.93. The summed E-state index contributed by atoms with van der Waals surface area (Å²) >= 11 is 4.86. The molecule has 5 rings (SSSR count). The monoisotopic (exact) mass is 679 g/mol. The quantitative estimate of drug-likeness (QED) is 0.0826.